The zero-order valence-electron chi connectivity index (χ0n) is 12.0. The van der Waals surface area contributed by atoms with Gasteiger partial charge in [-0.1, -0.05) is 6.07 Å². The van der Waals surface area contributed by atoms with Crippen molar-refractivity contribution in [2.75, 3.05) is 0 Å². The van der Waals surface area contributed by atoms with Crippen LogP contribution in [-0.2, 0) is 11.2 Å². The number of carbonyl (C=O) groups excluding carboxylic acids is 1. The summed E-state index contributed by atoms with van der Waals surface area (Å²) in [7, 11) is 0. The Morgan fingerprint density at radius 1 is 1.32 bits per heavy atom. The maximum absolute atomic E-state index is 12.0. The summed E-state index contributed by atoms with van der Waals surface area (Å²) in [6.07, 6.45) is 9.85. The standard InChI is InChI=1S/C17H16N4O/c22-16(21-14-3-4-14)7-13-10-20-17-15(13)6-12(9-19-17)11-2-1-5-18-8-11/h1-2,5-6,8-10,14H,3-4,7H2,(H,19,20)(H,21,22). The van der Waals surface area contributed by atoms with Crippen LogP contribution >= 0.6 is 0 Å². The highest BCUT2D eigenvalue weighted by Gasteiger charge is 2.23. The van der Waals surface area contributed by atoms with E-state index in [0.29, 0.717) is 12.5 Å². The molecule has 3 heterocycles. The SMILES string of the molecule is O=C(Cc1c[nH]c2ncc(-c3cccnc3)cc12)NC1CC1. The van der Waals surface area contributed by atoms with E-state index in [1.54, 1.807) is 6.20 Å². The van der Waals surface area contributed by atoms with Gasteiger partial charge in [0.1, 0.15) is 5.65 Å². The molecule has 3 aromatic heterocycles. The van der Waals surface area contributed by atoms with Crippen molar-refractivity contribution in [3.63, 3.8) is 0 Å². The largest absolute Gasteiger partial charge is 0.353 e. The van der Waals surface area contributed by atoms with E-state index in [2.05, 4.69) is 26.3 Å². The van der Waals surface area contributed by atoms with E-state index in [1.165, 1.54) is 0 Å². The van der Waals surface area contributed by atoms with Crippen LogP contribution in [0.25, 0.3) is 22.2 Å². The van der Waals surface area contributed by atoms with Gasteiger partial charge in [-0.05, 0) is 30.5 Å². The highest BCUT2D eigenvalue weighted by atomic mass is 16.1. The summed E-state index contributed by atoms with van der Waals surface area (Å²) in [5.74, 6) is 0.0789. The topological polar surface area (TPSA) is 70.7 Å². The second kappa shape index (κ2) is 5.26. The molecule has 1 saturated carbocycles. The van der Waals surface area contributed by atoms with Gasteiger partial charge in [-0.3, -0.25) is 9.78 Å². The minimum atomic E-state index is 0.0789. The molecule has 1 amide bonds. The maximum atomic E-state index is 12.0. The second-order valence-electron chi connectivity index (χ2n) is 5.69. The molecule has 22 heavy (non-hydrogen) atoms. The number of aromatic nitrogens is 3. The molecular weight excluding hydrogens is 276 g/mol. The van der Waals surface area contributed by atoms with Crippen molar-refractivity contribution in [1.82, 2.24) is 20.3 Å². The van der Waals surface area contributed by atoms with Crippen LogP contribution in [0.4, 0.5) is 0 Å². The molecule has 2 N–H and O–H groups in total. The molecule has 4 rings (SSSR count). The molecule has 1 aliphatic rings. The van der Waals surface area contributed by atoms with Crippen molar-refractivity contribution in [1.29, 1.82) is 0 Å². The number of carbonyl (C=O) groups is 1. The van der Waals surface area contributed by atoms with Crippen LogP contribution < -0.4 is 5.32 Å². The van der Waals surface area contributed by atoms with Crippen molar-refractivity contribution in [3.05, 3.63) is 48.5 Å². The zero-order valence-corrected chi connectivity index (χ0v) is 12.0. The van der Waals surface area contributed by atoms with Gasteiger partial charge in [0.2, 0.25) is 5.91 Å². The van der Waals surface area contributed by atoms with Gasteiger partial charge in [0, 0.05) is 47.3 Å². The minimum absolute atomic E-state index is 0.0789. The Morgan fingerprint density at radius 3 is 3.00 bits per heavy atom. The molecular formula is C17H16N4O. The van der Waals surface area contributed by atoms with E-state index in [4.69, 9.17) is 0 Å². The highest BCUT2D eigenvalue weighted by Crippen LogP contribution is 2.25. The minimum Gasteiger partial charge on any atom is -0.353 e. The van der Waals surface area contributed by atoms with E-state index >= 15 is 0 Å². The second-order valence-corrected chi connectivity index (χ2v) is 5.69. The summed E-state index contributed by atoms with van der Waals surface area (Å²) in [5.41, 5.74) is 3.81. The molecule has 0 atom stereocenters. The summed E-state index contributed by atoms with van der Waals surface area (Å²) in [6.45, 7) is 0. The van der Waals surface area contributed by atoms with Crippen molar-refractivity contribution in [3.8, 4) is 11.1 Å². The van der Waals surface area contributed by atoms with E-state index in [9.17, 15) is 4.79 Å². The third kappa shape index (κ3) is 2.57. The lowest BCUT2D eigenvalue weighted by atomic mass is 10.1. The van der Waals surface area contributed by atoms with Gasteiger partial charge in [0.25, 0.3) is 0 Å². The Labute approximate surface area is 127 Å². The maximum Gasteiger partial charge on any atom is 0.224 e. The number of nitrogens with one attached hydrogen (secondary N) is 2. The molecule has 110 valence electrons. The number of H-pyrrole nitrogens is 1. The fourth-order valence-electron chi connectivity index (χ4n) is 2.57. The summed E-state index contributed by atoms with van der Waals surface area (Å²) < 4.78 is 0. The molecule has 0 spiro atoms. The lowest BCUT2D eigenvalue weighted by Crippen LogP contribution is -2.26. The number of hydrogen-bond acceptors (Lipinski definition) is 3. The predicted molar refractivity (Wildman–Crippen MR) is 84.2 cm³/mol. The molecule has 0 unspecified atom stereocenters. The molecule has 0 radical (unpaired) electrons. The van der Waals surface area contributed by atoms with Gasteiger partial charge in [0.15, 0.2) is 0 Å². The molecule has 1 fully saturated rings. The fourth-order valence-corrected chi connectivity index (χ4v) is 2.57. The average Bonchev–Trinajstić information content (AvgIpc) is 3.27. The third-order valence-electron chi connectivity index (χ3n) is 3.91. The van der Waals surface area contributed by atoms with Gasteiger partial charge in [-0.25, -0.2) is 4.98 Å². The summed E-state index contributed by atoms with van der Waals surface area (Å²) in [6, 6.07) is 6.36. The molecule has 5 heteroatoms. The quantitative estimate of drug-likeness (QED) is 0.776. The lowest BCUT2D eigenvalue weighted by Gasteiger charge is -2.04. The molecule has 0 aromatic carbocycles. The lowest BCUT2D eigenvalue weighted by molar-refractivity contribution is -0.120. The van der Waals surface area contributed by atoms with Crippen LogP contribution in [0.1, 0.15) is 18.4 Å². The van der Waals surface area contributed by atoms with Crippen molar-refractivity contribution >= 4 is 16.9 Å². The Morgan fingerprint density at radius 2 is 2.23 bits per heavy atom. The van der Waals surface area contributed by atoms with Crippen LogP contribution in [-0.4, -0.2) is 26.9 Å². The first-order valence-corrected chi connectivity index (χ1v) is 7.45. The van der Waals surface area contributed by atoms with Crippen LogP contribution in [0.2, 0.25) is 0 Å². The number of nitrogens with zero attached hydrogens (tertiary/aromatic N) is 2. The summed E-state index contributed by atoms with van der Waals surface area (Å²) >= 11 is 0. The van der Waals surface area contributed by atoms with Gasteiger partial charge in [-0.15, -0.1) is 0 Å². The first kappa shape index (κ1) is 13.0. The monoisotopic (exact) mass is 292 g/mol. The van der Waals surface area contributed by atoms with E-state index in [0.717, 1.165) is 40.6 Å². The molecule has 0 aliphatic heterocycles. The smallest absolute Gasteiger partial charge is 0.224 e. The third-order valence-corrected chi connectivity index (χ3v) is 3.91. The van der Waals surface area contributed by atoms with E-state index in [1.807, 2.05) is 30.7 Å². The zero-order chi connectivity index (χ0) is 14.9. The Kier molecular flexibility index (Phi) is 3.11. The van der Waals surface area contributed by atoms with Gasteiger partial charge in [0.05, 0.1) is 6.42 Å². The van der Waals surface area contributed by atoms with E-state index in [-0.39, 0.29) is 5.91 Å². The molecule has 5 nitrogen and oxygen atoms in total. The molecule has 0 bridgehead atoms. The fraction of sp³-hybridized carbons (Fsp3) is 0.235. The van der Waals surface area contributed by atoms with Gasteiger partial charge >= 0.3 is 0 Å². The summed E-state index contributed by atoms with van der Waals surface area (Å²) in [4.78, 5) is 23.7. The summed E-state index contributed by atoms with van der Waals surface area (Å²) in [5, 5.41) is 4.01. The number of fused-ring (bicyclic) bond motifs is 1. The van der Waals surface area contributed by atoms with Crippen molar-refractivity contribution in [2.45, 2.75) is 25.3 Å². The van der Waals surface area contributed by atoms with Crippen LogP contribution in [0, 0.1) is 0 Å². The number of pyridine rings is 2. The Bertz CT molecular complexity index is 821. The van der Waals surface area contributed by atoms with Gasteiger partial charge < -0.3 is 10.3 Å². The number of rotatable bonds is 4. The van der Waals surface area contributed by atoms with Crippen molar-refractivity contribution in [2.24, 2.45) is 0 Å². The number of amides is 1. The highest BCUT2D eigenvalue weighted by molar-refractivity contribution is 5.89. The molecule has 3 aromatic rings. The Hall–Kier alpha value is -2.69. The molecule has 1 aliphatic carbocycles. The Balaban J connectivity index is 1.65. The normalized spacial score (nSPS) is 14.2. The number of hydrogen-bond donors (Lipinski definition) is 2. The number of aromatic amines is 1. The predicted octanol–water partition coefficient (Wildman–Crippen LogP) is 2.45. The van der Waals surface area contributed by atoms with Crippen molar-refractivity contribution < 1.29 is 4.79 Å². The van der Waals surface area contributed by atoms with E-state index < -0.39 is 0 Å². The molecule has 0 saturated heterocycles. The van der Waals surface area contributed by atoms with Crippen LogP contribution in [0.3, 0.4) is 0 Å². The average molecular weight is 292 g/mol. The van der Waals surface area contributed by atoms with Gasteiger partial charge in [-0.2, -0.15) is 0 Å². The van der Waals surface area contributed by atoms with Crippen LogP contribution in [0.5, 0.6) is 0 Å². The first-order valence-electron chi connectivity index (χ1n) is 7.45. The first-order chi connectivity index (χ1) is 10.8. The van der Waals surface area contributed by atoms with Crippen LogP contribution in [0.15, 0.2) is 43.0 Å².